The first-order chi connectivity index (χ1) is 9.29. The number of halogens is 2. The zero-order valence-electron chi connectivity index (χ0n) is 11.4. The third-order valence-corrected chi connectivity index (χ3v) is 7.94. The minimum absolute atomic E-state index is 0.00894. The molecule has 1 aromatic rings. The van der Waals surface area contributed by atoms with E-state index in [4.69, 9.17) is 11.6 Å². The Kier molecular flexibility index (Phi) is 5.53. The van der Waals surface area contributed by atoms with Crippen molar-refractivity contribution in [2.75, 3.05) is 13.1 Å². The van der Waals surface area contributed by atoms with Crippen LogP contribution in [0.15, 0.2) is 14.1 Å². The van der Waals surface area contributed by atoms with E-state index in [-0.39, 0.29) is 10.3 Å². The monoisotopic (exact) mass is 400 g/mol. The maximum absolute atomic E-state index is 12.3. The summed E-state index contributed by atoms with van der Waals surface area (Å²) in [5, 5.41) is 0.435. The van der Waals surface area contributed by atoms with E-state index in [9.17, 15) is 8.42 Å². The summed E-state index contributed by atoms with van der Waals surface area (Å²) in [6.07, 6.45) is 1.69. The topological polar surface area (TPSA) is 49.4 Å². The molecule has 0 spiro atoms. The summed E-state index contributed by atoms with van der Waals surface area (Å²) in [7, 11) is -3.46. The van der Waals surface area contributed by atoms with E-state index in [0.717, 1.165) is 37.3 Å². The average molecular weight is 402 g/mol. The Morgan fingerprint density at radius 2 is 2.05 bits per heavy atom. The van der Waals surface area contributed by atoms with Gasteiger partial charge in [0.25, 0.3) is 0 Å². The molecule has 0 radical (unpaired) electrons. The molecule has 1 aromatic heterocycles. The summed E-state index contributed by atoms with van der Waals surface area (Å²) >= 11 is 10.3. The fourth-order valence-corrected chi connectivity index (χ4v) is 5.99. The summed E-state index contributed by atoms with van der Waals surface area (Å²) in [6.45, 7) is 6.19. The molecular weight excluding hydrogens is 384 g/mol. The van der Waals surface area contributed by atoms with Crippen molar-refractivity contribution in [2.45, 2.75) is 43.0 Å². The Bertz CT molecular complexity index is 547. The molecule has 4 nitrogen and oxygen atoms in total. The highest BCUT2D eigenvalue weighted by atomic mass is 79.9. The predicted molar refractivity (Wildman–Crippen MR) is 87.1 cm³/mol. The fraction of sp³-hybridized carbons (Fsp3) is 0.667. The van der Waals surface area contributed by atoms with E-state index >= 15 is 0 Å². The maximum atomic E-state index is 12.3. The number of sulfonamides is 1. The van der Waals surface area contributed by atoms with Crippen LogP contribution in [0.1, 0.15) is 26.7 Å². The van der Waals surface area contributed by atoms with Gasteiger partial charge in [-0.1, -0.05) is 11.6 Å². The molecule has 0 bridgehead atoms. The smallest absolute Gasteiger partial charge is 0.250 e. The average Bonchev–Trinajstić information content (AvgIpc) is 2.71. The molecule has 1 aliphatic heterocycles. The fourth-order valence-electron chi connectivity index (χ4n) is 2.27. The zero-order chi connectivity index (χ0) is 14.9. The van der Waals surface area contributed by atoms with E-state index in [1.807, 2.05) is 0 Å². The van der Waals surface area contributed by atoms with Gasteiger partial charge in [-0.25, -0.2) is 13.1 Å². The molecule has 0 aromatic carbocycles. The van der Waals surface area contributed by atoms with Crippen molar-refractivity contribution in [3.63, 3.8) is 0 Å². The molecule has 0 aliphatic carbocycles. The minimum Gasteiger partial charge on any atom is -0.301 e. The van der Waals surface area contributed by atoms with E-state index in [1.54, 1.807) is 0 Å². The number of likely N-dealkylation sites (tertiary alicyclic amines) is 1. The van der Waals surface area contributed by atoms with Crippen LogP contribution in [0.25, 0.3) is 0 Å². The minimum atomic E-state index is -3.46. The lowest BCUT2D eigenvalue weighted by Gasteiger charge is -2.34. The van der Waals surface area contributed by atoms with Crippen LogP contribution >= 0.6 is 38.9 Å². The lowest BCUT2D eigenvalue weighted by Crippen LogP contribution is -2.46. The first kappa shape index (κ1) is 16.7. The summed E-state index contributed by atoms with van der Waals surface area (Å²) in [6, 6.07) is 2.01. The molecule has 1 N–H and O–H groups in total. The van der Waals surface area contributed by atoms with Crippen LogP contribution in [0.4, 0.5) is 0 Å². The van der Waals surface area contributed by atoms with E-state index in [1.165, 1.54) is 6.07 Å². The maximum Gasteiger partial charge on any atom is 0.250 e. The number of rotatable bonds is 4. The summed E-state index contributed by atoms with van der Waals surface area (Å²) in [5.74, 6) is 0. The first-order valence-electron chi connectivity index (χ1n) is 6.51. The lowest BCUT2D eigenvalue weighted by atomic mass is 10.1. The molecule has 2 rings (SSSR count). The van der Waals surface area contributed by atoms with Gasteiger partial charge in [-0.2, -0.15) is 0 Å². The summed E-state index contributed by atoms with van der Waals surface area (Å²) < 4.78 is 28.3. The predicted octanol–water partition coefficient (Wildman–Crippen LogP) is 3.32. The van der Waals surface area contributed by atoms with E-state index < -0.39 is 10.0 Å². The van der Waals surface area contributed by atoms with Gasteiger partial charge in [0.1, 0.15) is 4.21 Å². The third kappa shape index (κ3) is 3.96. The number of nitrogens with one attached hydrogen (secondary N) is 1. The number of piperidine rings is 1. The van der Waals surface area contributed by atoms with Crippen LogP contribution in [0.2, 0.25) is 5.02 Å². The molecule has 20 heavy (non-hydrogen) atoms. The highest BCUT2D eigenvalue weighted by molar-refractivity contribution is 9.11. The van der Waals surface area contributed by atoms with Crippen molar-refractivity contribution in [3.05, 3.63) is 14.9 Å². The Balaban J connectivity index is 2.00. The first-order valence-corrected chi connectivity index (χ1v) is 9.98. The van der Waals surface area contributed by atoms with Crippen LogP contribution in [0, 0.1) is 0 Å². The standard InChI is InChI=1S/C12H18BrClN2O2S2/c1-8(2)16-5-3-9(4-6-16)15-20(17,18)11-7-10(14)12(13)19-11/h7-9,15H,3-6H2,1-2H3. The largest absolute Gasteiger partial charge is 0.301 e. The number of nitrogens with zero attached hydrogens (tertiary/aromatic N) is 1. The molecule has 0 atom stereocenters. The molecule has 0 saturated carbocycles. The molecular formula is C12H18BrClN2O2S2. The molecule has 2 heterocycles. The highest BCUT2D eigenvalue weighted by Crippen LogP contribution is 2.34. The number of thiophene rings is 1. The third-order valence-electron chi connectivity index (χ3n) is 3.47. The van der Waals surface area contributed by atoms with Gasteiger partial charge in [-0.3, -0.25) is 0 Å². The van der Waals surface area contributed by atoms with Crippen LogP contribution in [0.3, 0.4) is 0 Å². The van der Waals surface area contributed by atoms with Gasteiger partial charge < -0.3 is 4.90 Å². The van der Waals surface area contributed by atoms with Gasteiger partial charge in [-0.05, 0) is 61.8 Å². The molecule has 0 unspecified atom stereocenters. The molecule has 0 amide bonds. The van der Waals surface area contributed by atoms with Crippen LogP contribution in [-0.2, 0) is 10.0 Å². The van der Waals surface area contributed by atoms with Gasteiger partial charge in [0, 0.05) is 12.1 Å². The Labute approximate surface area is 137 Å². The Morgan fingerprint density at radius 1 is 1.45 bits per heavy atom. The van der Waals surface area contributed by atoms with Gasteiger partial charge in [0.2, 0.25) is 10.0 Å². The van der Waals surface area contributed by atoms with Gasteiger partial charge in [0.15, 0.2) is 0 Å². The second-order valence-electron chi connectivity index (χ2n) is 5.21. The van der Waals surface area contributed by atoms with Crippen LogP contribution < -0.4 is 4.72 Å². The molecule has 1 saturated heterocycles. The molecule has 1 fully saturated rings. The number of hydrogen-bond donors (Lipinski definition) is 1. The van der Waals surface area contributed by atoms with Crippen LogP contribution in [0.5, 0.6) is 0 Å². The quantitative estimate of drug-likeness (QED) is 0.842. The van der Waals surface area contributed by atoms with Crippen molar-refractivity contribution >= 4 is 48.9 Å². The van der Waals surface area contributed by atoms with Crippen molar-refractivity contribution in [2.24, 2.45) is 0 Å². The van der Waals surface area contributed by atoms with Gasteiger partial charge in [-0.15, -0.1) is 11.3 Å². The van der Waals surface area contributed by atoms with Gasteiger partial charge >= 0.3 is 0 Å². The second kappa shape index (κ2) is 6.62. The van der Waals surface area contributed by atoms with Crippen LogP contribution in [-0.4, -0.2) is 38.5 Å². The number of hydrogen-bond acceptors (Lipinski definition) is 4. The molecule has 1 aliphatic rings. The summed E-state index contributed by atoms with van der Waals surface area (Å²) in [4.78, 5) is 2.36. The Hall–Kier alpha value is 0.340. The zero-order valence-corrected chi connectivity index (χ0v) is 15.4. The van der Waals surface area contributed by atoms with Crippen molar-refractivity contribution < 1.29 is 8.42 Å². The van der Waals surface area contributed by atoms with Gasteiger partial charge in [0.05, 0.1) is 8.81 Å². The summed E-state index contributed by atoms with van der Waals surface area (Å²) in [5.41, 5.74) is 0. The lowest BCUT2D eigenvalue weighted by molar-refractivity contribution is 0.168. The van der Waals surface area contributed by atoms with E-state index in [0.29, 0.717) is 14.9 Å². The molecule has 8 heteroatoms. The van der Waals surface area contributed by atoms with Crippen molar-refractivity contribution in [1.82, 2.24) is 9.62 Å². The molecule has 114 valence electrons. The SMILES string of the molecule is CC(C)N1CCC(NS(=O)(=O)c2cc(Cl)c(Br)s2)CC1. The normalized spacial score (nSPS) is 18.9. The second-order valence-corrected chi connectivity index (χ2v) is 9.93. The Morgan fingerprint density at radius 3 is 2.50 bits per heavy atom. The highest BCUT2D eigenvalue weighted by Gasteiger charge is 2.26. The van der Waals surface area contributed by atoms with Crippen molar-refractivity contribution in [1.29, 1.82) is 0 Å². The van der Waals surface area contributed by atoms with E-state index in [2.05, 4.69) is 39.4 Å². The van der Waals surface area contributed by atoms with Crippen molar-refractivity contribution in [3.8, 4) is 0 Å².